The number of carboxylic acids is 1. The SMILES string of the molecule is CN1[CH]C(CCC(=O)O)Cc2cc(OCNc3ccc4[nH]c(=S)[nH]c4c3)ccc21. The molecule has 0 spiro atoms. The van der Waals surface area contributed by atoms with Crippen molar-refractivity contribution in [3.05, 3.63) is 53.3 Å². The molecule has 4 N–H and O–H groups in total. The summed E-state index contributed by atoms with van der Waals surface area (Å²) < 4.78 is 6.49. The zero-order valence-corrected chi connectivity index (χ0v) is 16.9. The van der Waals surface area contributed by atoms with Gasteiger partial charge in [-0.2, -0.15) is 0 Å². The Morgan fingerprint density at radius 2 is 2.10 bits per heavy atom. The highest BCUT2D eigenvalue weighted by Gasteiger charge is 2.23. The van der Waals surface area contributed by atoms with E-state index in [0.717, 1.165) is 34.6 Å². The maximum absolute atomic E-state index is 10.9. The van der Waals surface area contributed by atoms with Crippen molar-refractivity contribution in [1.29, 1.82) is 0 Å². The van der Waals surface area contributed by atoms with Gasteiger partial charge in [0.15, 0.2) is 11.5 Å². The van der Waals surface area contributed by atoms with Gasteiger partial charge in [-0.3, -0.25) is 4.79 Å². The number of anilines is 2. The average Bonchev–Trinajstić information content (AvgIpc) is 3.05. The zero-order chi connectivity index (χ0) is 20.4. The minimum atomic E-state index is -0.755. The summed E-state index contributed by atoms with van der Waals surface area (Å²) in [5.41, 5.74) is 5.15. The second kappa shape index (κ2) is 8.16. The van der Waals surface area contributed by atoms with Gasteiger partial charge in [-0.05, 0) is 72.9 Å². The predicted molar refractivity (Wildman–Crippen MR) is 116 cm³/mol. The number of hydrogen-bond donors (Lipinski definition) is 4. The van der Waals surface area contributed by atoms with E-state index in [2.05, 4.69) is 26.7 Å². The molecule has 8 heteroatoms. The van der Waals surface area contributed by atoms with Gasteiger partial charge in [0.05, 0.1) is 17.6 Å². The summed E-state index contributed by atoms with van der Waals surface area (Å²) >= 11 is 5.11. The van der Waals surface area contributed by atoms with Crippen LogP contribution in [0.4, 0.5) is 11.4 Å². The molecule has 0 amide bonds. The van der Waals surface area contributed by atoms with Crippen molar-refractivity contribution in [2.45, 2.75) is 19.3 Å². The Morgan fingerprint density at radius 1 is 1.28 bits per heavy atom. The molecule has 1 unspecified atom stereocenters. The van der Waals surface area contributed by atoms with Crippen molar-refractivity contribution in [3.63, 3.8) is 0 Å². The lowest BCUT2D eigenvalue weighted by Gasteiger charge is -2.33. The lowest BCUT2D eigenvalue weighted by molar-refractivity contribution is -0.137. The molecular weight excluding hydrogens is 388 g/mol. The lowest BCUT2D eigenvalue weighted by Crippen LogP contribution is -2.27. The van der Waals surface area contributed by atoms with Gasteiger partial charge in [0.2, 0.25) is 0 Å². The smallest absolute Gasteiger partial charge is 0.303 e. The van der Waals surface area contributed by atoms with Gasteiger partial charge >= 0.3 is 5.97 Å². The van der Waals surface area contributed by atoms with Crippen LogP contribution >= 0.6 is 12.2 Å². The molecule has 1 radical (unpaired) electrons. The first-order valence-electron chi connectivity index (χ1n) is 9.49. The molecule has 0 aliphatic carbocycles. The van der Waals surface area contributed by atoms with E-state index in [1.165, 1.54) is 5.56 Å². The largest absolute Gasteiger partial charge is 0.481 e. The van der Waals surface area contributed by atoms with E-state index in [9.17, 15) is 4.79 Å². The van der Waals surface area contributed by atoms with Gasteiger partial charge in [-0.15, -0.1) is 0 Å². The average molecular weight is 412 g/mol. The Bertz CT molecular complexity index is 1090. The fourth-order valence-electron chi connectivity index (χ4n) is 3.72. The minimum Gasteiger partial charge on any atom is -0.481 e. The number of nitrogens with zero attached hydrogens (tertiary/aromatic N) is 1. The molecule has 0 fully saturated rings. The number of rotatable bonds is 7. The molecule has 2 aromatic carbocycles. The number of aromatic amines is 2. The third-order valence-electron chi connectivity index (χ3n) is 5.11. The van der Waals surface area contributed by atoms with E-state index >= 15 is 0 Å². The molecule has 0 saturated heterocycles. The van der Waals surface area contributed by atoms with Crippen LogP contribution in [0, 0.1) is 17.2 Å². The molecule has 1 aromatic heterocycles. The topological polar surface area (TPSA) is 93.4 Å². The number of fused-ring (bicyclic) bond motifs is 2. The van der Waals surface area contributed by atoms with Gasteiger partial charge in [-0.25, -0.2) is 0 Å². The van der Waals surface area contributed by atoms with Crippen molar-refractivity contribution in [2.75, 3.05) is 24.0 Å². The molecule has 1 atom stereocenters. The van der Waals surface area contributed by atoms with Gasteiger partial charge < -0.3 is 30.0 Å². The normalized spacial score (nSPS) is 15.9. The summed E-state index contributed by atoms with van der Waals surface area (Å²) in [6, 6.07) is 12.0. The third-order valence-corrected chi connectivity index (χ3v) is 5.31. The van der Waals surface area contributed by atoms with Crippen molar-refractivity contribution >= 4 is 40.6 Å². The summed E-state index contributed by atoms with van der Waals surface area (Å²) in [5, 5.41) is 12.2. The van der Waals surface area contributed by atoms with Crippen molar-refractivity contribution in [1.82, 2.24) is 9.97 Å². The maximum Gasteiger partial charge on any atom is 0.303 e. The van der Waals surface area contributed by atoms with Crippen LogP contribution in [0.1, 0.15) is 18.4 Å². The standard InChI is InChI=1S/C21H23N4O3S/c1-25-11-13(2-7-20(26)27)8-14-9-16(4-6-19(14)25)28-12-22-15-3-5-17-18(10-15)24-21(29)23-17/h3-6,9-11,13,22H,2,7-8,12H2,1H3,(H,26,27)(H2,23,24,29). The number of carbonyl (C=O) groups is 1. The van der Waals surface area contributed by atoms with Gasteiger partial charge in [0, 0.05) is 24.8 Å². The van der Waals surface area contributed by atoms with E-state index in [1.54, 1.807) is 0 Å². The highest BCUT2D eigenvalue weighted by Crippen LogP contribution is 2.35. The summed E-state index contributed by atoms with van der Waals surface area (Å²) in [5.74, 6) is 0.246. The Labute approximate surface area is 173 Å². The molecule has 151 valence electrons. The monoisotopic (exact) mass is 411 g/mol. The predicted octanol–water partition coefficient (Wildman–Crippen LogP) is 4.31. The molecule has 1 aliphatic rings. The number of aliphatic carboxylic acids is 1. The van der Waals surface area contributed by atoms with Crippen LogP contribution in [0.2, 0.25) is 0 Å². The van der Waals surface area contributed by atoms with Crippen LogP contribution in [0.5, 0.6) is 5.75 Å². The number of ether oxygens (including phenoxy) is 1. The first kappa shape index (κ1) is 19.3. The Balaban J connectivity index is 1.38. The summed E-state index contributed by atoms with van der Waals surface area (Å²) in [4.78, 5) is 19.1. The van der Waals surface area contributed by atoms with E-state index in [0.29, 0.717) is 17.9 Å². The van der Waals surface area contributed by atoms with E-state index < -0.39 is 5.97 Å². The third kappa shape index (κ3) is 4.54. The Kier molecular flexibility index (Phi) is 5.44. The van der Waals surface area contributed by atoms with Crippen molar-refractivity contribution < 1.29 is 14.6 Å². The quantitative estimate of drug-likeness (QED) is 0.342. The summed E-state index contributed by atoms with van der Waals surface area (Å²) in [7, 11) is 2.00. The molecule has 1 aliphatic heterocycles. The molecular formula is C21H23N4O3S. The molecule has 29 heavy (non-hydrogen) atoms. The highest BCUT2D eigenvalue weighted by molar-refractivity contribution is 7.71. The second-order valence-electron chi connectivity index (χ2n) is 7.25. The van der Waals surface area contributed by atoms with E-state index in [4.69, 9.17) is 22.1 Å². The number of nitrogens with one attached hydrogen (secondary N) is 3. The molecule has 3 aromatic rings. The van der Waals surface area contributed by atoms with Gasteiger partial charge in [0.25, 0.3) is 0 Å². The van der Waals surface area contributed by atoms with Crippen LogP contribution in [-0.4, -0.2) is 34.8 Å². The van der Waals surface area contributed by atoms with Gasteiger partial charge in [0.1, 0.15) is 5.75 Å². The lowest BCUT2D eigenvalue weighted by atomic mass is 9.89. The fourth-order valence-corrected chi connectivity index (χ4v) is 3.94. The molecule has 2 heterocycles. The van der Waals surface area contributed by atoms with Crippen molar-refractivity contribution in [2.24, 2.45) is 5.92 Å². The minimum absolute atomic E-state index is 0.181. The number of carboxylic acid groups (broad SMARTS) is 1. The first-order chi connectivity index (χ1) is 14.0. The number of imidazole rings is 1. The first-order valence-corrected chi connectivity index (χ1v) is 9.90. The second-order valence-corrected chi connectivity index (χ2v) is 7.66. The summed E-state index contributed by atoms with van der Waals surface area (Å²) in [6.07, 6.45) is 1.64. The van der Waals surface area contributed by atoms with E-state index in [1.807, 2.05) is 43.4 Å². The number of H-pyrrole nitrogens is 2. The van der Waals surface area contributed by atoms with Crippen LogP contribution < -0.4 is 15.0 Å². The van der Waals surface area contributed by atoms with Crippen LogP contribution in [-0.2, 0) is 11.2 Å². The zero-order valence-electron chi connectivity index (χ0n) is 16.1. The van der Waals surface area contributed by atoms with Crippen LogP contribution in [0.3, 0.4) is 0 Å². The number of benzene rings is 2. The van der Waals surface area contributed by atoms with Gasteiger partial charge in [-0.1, -0.05) is 0 Å². The fraction of sp³-hybridized carbons (Fsp3) is 0.286. The molecule has 0 saturated carbocycles. The molecule has 0 bridgehead atoms. The maximum atomic E-state index is 10.9. The Hall–Kier alpha value is -3.00. The molecule has 4 rings (SSSR count). The highest BCUT2D eigenvalue weighted by atomic mass is 32.1. The van der Waals surface area contributed by atoms with Crippen LogP contribution in [0.25, 0.3) is 11.0 Å². The van der Waals surface area contributed by atoms with E-state index in [-0.39, 0.29) is 12.3 Å². The number of aromatic nitrogens is 2. The Morgan fingerprint density at radius 3 is 2.93 bits per heavy atom. The molecule has 7 nitrogen and oxygen atoms in total. The van der Waals surface area contributed by atoms with Crippen molar-refractivity contribution in [3.8, 4) is 5.75 Å². The van der Waals surface area contributed by atoms with Crippen LogP contribution in [0.15, 0.2) is 36.4 Å². The summed E-state index contributed by atoms with van der Waals surface area (Å²) in [6.45, 7) is 2.44. The number of hydrogen-bond acceptors (Lipinski definition) is 5.